The minimum Gasteiger partial charge on any atom is -0.324 e. The van der Waals surface area contributed by atoms with Crippen molar-refractivity contribution in [3.63, 3.8) is 0 Å². The first-order chi connectivity index (χ1) is 9.16. The molecule has 0 aliphatic heterocycles. The monoisotopic (exact) mass is 337 g/mol. The first-order valence-electron chi connectivity index (χ1n) is 6.41. The van der Waals surface area contributed by atoms with Gasteiger partial charge in [-0.05, 0) is 58.5 Å². The summed E-state index contributed by atoms with van der Waals surface area (Å²) in [5.41, 5.74) is 8.67. The average molecular weight is 339 g/mol. The van der Waals surface area contributed by atoms with E-state index < -0.39 is 0 Å². The Balaban J connectivity index is 1.87. The fraction of sp³-hybridized carbons (Fsp3) is 0.250. The maximum Gasteiger partial charge on any atom is 0.0551 e. The van der Waals surface area contributed by atoms with E-state index in [0.717, 1.165) is 34.3 Å². The van der Waals surface area contributed by atoms with E-state index >= 15 is 0 Å². The Morgan fingerprint density at radius 3 is 2.53 bits per heavy atom. The van der Waals surface area contributed by atoms with Crippen LogP contribution in [0, 0.1) is 0 Å². The van der Waals surface area contributed by atoms with Gasteiger partial charge in [-0.1, -0.05) is 48.0 Å². The number of hydrogen-bond donors (Lipinski definition) is 1. The Hall–Kier alpha value is -0.830. The number of rotatable bonds is 5. The van der Waals surface area contributed by atoms with Crippen molar-refractivity contribution in [2.24, 2.45) is 5.73 Å². The lowest BCUT2D eigenvalue weighted by atomic mass is 10.00. The van der Waals surface area contributed by atoms with Gasteiger partial charge in [-0.3, -0.25) is 0 Å². The number of halogens is 2. The van der Waals surface area contributed by atoms with Gasteiger partial charge in [0, 0.05) is 10.5 Å². The highest BCUT2D eigenvalue weighted by molar-refractivity contribution is 9.10. The van der Waals surface area contributed by atoms with Crippen LogP contribution in [-0.2, 0) is 6.42 Å². The second-order valence-corrected chi connectivity index (χ2v) is 5.92. The van der Waals surface area contributed by atoms with Crippen LogP contribution in [0.25, 0.3) is 0 Å². The molecule has 2 rings (SSSR count). The van der Waals surface area contributed by atoms with E-state index in [2.05, 4.69) is 40.2 Å². The smallest absolute Gasteiger partial charge is 0.0551 e. The molecule has 2 aromatic carbocycles. The average Bonchev–Trinajstić information content (AvgIpc) is 2.43. The highest BCUT2D eigenvalue weighted by Crippen LogP contribution is 2.27. The van der Waals surface area contributed by atoms with Crippen molar-refractivity contribution < 1.29 is 0 Å². The van der Waals surface area contributed by atoms with Crippen LogP contribution in [0.5, 0.6) is 0 Å². The van der Waals surface area contributed by atoms with Crippen molar-refractivity contribution in [2.45, 2.75) is 25.3 Å². The molecule has 0 spiro atoms. The molecular weight excluding hydrogens is 322 g/mol. The normalized spacial score (nSPS) is 12.4. The van der Waals surface area contributed by atoms with Crippen molar-refractivity contribution in [1.29, 1.82) is 0 Å². The van der Waals surface area contributed by atoms with Crippen LogP contribution in [0.1, 0.15) is 30.0 Å². The maximum atomic E-state index is 6.20. The molecule has 2 N–H and O–H groups in total. The number of benzene rings is 2. The second kappa shape index (κ2) is 7.09. The summed E-state index contributed by atoms with van der Waals surface area (Å²) in [7, 11) is 0. The van der Waals surface area contributed by atoms with Gasteiger partial charge in [0.1, 0.15) is 0 Å². The van der Waals surface area contributed by atoms with Crippen LogP contribution >= 0.6 is 27.5 Å². The van der Waals surface area contributed by atoms with Gasteiger partial charge in [-0.15, -0.1) is 0 Å². The lowest BCUT2D eigenvalue weighted by Crippen LogP contribution is -2.10. The molecule has 0 aromatic heterocycles. The zero-order valence-corrected chi connectivity index (χ0v) is 13.0. The van der Waals surface area contributed by atoms with Crippen molar-refractivity contribution in [2.75, 3.05) is 0 Å². The molecule has 0 saturated heterocycles. The van der Waals surface area contributed by atoms with Crippen molar-refractivity contribution in [1.82, 2.24) is 0 Å². The highest BCUT2D eigenvalue weighted by atomic mass is 79.9. The summed E-state index contributed by atoms with van der Waals surface area (Å²) in [6.07, 6.45) is 3.12. The first-order valence-corrected chi connectivity index (χ1v) is 7.58. The standard InChI is InChI=1S/C16H17BrClN/c17-14-10-9-13(11-15(14)18)16(19)8-4-7-12-5-2-1-3-6-12/h1-3,5-6,9-11,16H,4,7-8,19H2. The van der Waals surface area contributed by atoms with Gasteiger partial charge in [0.2, 0.25) is 0 Å². The van der Waals surface area contributed by atoms with Crippen LogP contribution in [0.3, 0.4) is 0 Å². The summed E-state index contributed by atoms with van der Waals surface area (Å²) in [4.78, 5) is 0. The van der Waals surface area contributed by atoms with Crippen molar-refractivity contribution >= 4 is 27.5 Å². The van der Waals surface area contributed by atoms with Gasteiger partial charge < -0.3 is 5.73 Å². The van der Waals surface area contributed by atoms with Gasteiger partial charge in [-0.2, -0.15) is 0 Å². The molecule has 0 fully saturated rings. The van der Waals surface area contributed by atoms with Crippen LogP contribution < -0.4 is 5.73 Å². The zero-order valence-electron chi connectivity index (χ0n) is 10.7. The Morgan fingerprint density at radius 2 is 1.84 bits per heavy atom. The van der Waals surface area contributed by atoms with E-state index in [1.807, 2.05) is 24.3 Å². The van der Waals surface area contributed by atoms with Crippen LogP contribution in [0.15, 0.2) is 53.0 Å². The predicted octanol–water partition coefficient (Wildman–Crippen LogP) is 5.13. The quantitative estimate of drug-likeness (QED) is 0.804. The lowest BCUT2D eigenvalue weighted by molar-refractivity contribution is 0.611. The van der Waals surface area contributed by atoms with E-state index in [1.54, 1.807) is 0 Å². The topological polar surface area (TPSA) is 26.0 Å². The molecule has 0 saturated carbocycles. The molecule has 3 heteroatoms. The third-order valence-corrected chi connectivity index (χ3v) is 4.43. The molecule has 0 radical (unpaired) electrons. The Kier molecular flexibility index (Phi) is 5.44. The largest absolute Gasteiger partial charge is 0.324 e. The zero-order chi connectivity index (χ0) is 13.7. The van der Waals surface area contributed by atoms with Gasteiger partial charge in [0.05, 0.1) is 5.02 Å². The minimum atomic E-state index is 0.0503. The van der Waals surface area contributed by atoms with Gasteiger partial charge >= 0.3 is 0 Å². The third kappa shape index (κ3) is 4.34. The molecule has 0 bridgehead atoms. The predicted molar refractivity (Wildman–Crippen MR) is 85.5 cm³/mol. The molecule has 0 heterocycles. The molecule has 19 heavy (non-hydrogen) atoms. The number of aryl methyl sites for hydroxylation is 1. The summed E-state index contributed by atoms with van der Waals surface area (Å²) in [5.74, 6) is 0. The number of hydrogen-bond acceptors (Lipinski definition) is 1. The van der Waals surface area contributed by atoms with E-state index in [9.17, 15) is 0 Å². The molecule has 1 nitrogen and oxygen atoms in total. The van der Waals surface area contributed by atoms with E-state index in [4.69, 9.17) is 17.3 Å². The molecule has 2 aromatic rings. The number of nitrogens with two attached hydrogens (primary N) is 1. The fourth-order valence-electron chi connectivity index (χ4n) is 2.08. The van der Waals surface area contributed by atoms with E-state index in [0.29, 0.717) is 0 Å². The van der Waals surface area contributed by atoms with Gasteiger partial charge in [-0.25, -0.2) is 0 Å². The van der Waals surface area contributed by atoms with Gasteiger partial charge in [0.15, 0.2) is 0 Å². The highest BCUT2D eigenvalue weighted by Gasteiger charge is 2.08. The second-order valence-electron chi connectivity index (χ2n) is 4.66. The van der Waals surface area contributed by atoms with Crippen LogP contribution in [0.4, 0.5) is 0 Å². The Labute approximate surface area is 127 Å². The first kappa shape index (κ1) is 14.6. The minimum absolute atomic E-state index is 0.0503. The summed E-state index contributed by atoms with van der Waals surface area (Å²) >= 11 is 9.47. The Morgan fingerprint density at radius 1 is 1.11 bits per heavy atom. The Bertz CT molecular complexity index is 528. The molecule has 0 amide bonds. The molecule has 0 aliphatic rings. The molecule has 0 aliphatic carbocycles. The SMILES string of the molecule is NC(CCCc1ccccc1)c1ccc(Br)c(Cl)c1. The molecular formula is C16H17BrClN. The third-order valence-electron chi connectivity index (χ3n) is 3.20. The molecule has 1 atom stereocenters. The molecule has 100 valence electrons. The maximum absolute atomic E-state index is 6.20. The summed E-state index contributed by atoms with van der Waals surface area (Å²) in [6.45, 7) is 0. The molecule has 1 unspecified atom stereocenters. The van der Waals surface area contributed by atoms with Crippen molar-refractivity contribution in [3.8, 4) is 0 Å². The van der Waals surface area contributed by atoms with Crippen LogP contribution in [-0.4, -0.2) is 0 Å². The van der Waals surface area contributed by atoms with E-state index in [1.165, 1.54) is 5.56 Å². The summed E-state index contributed by atoms with van der Waals surface area (Å²) in [5, 5.41) is 0.719. The van der Waals surface area contributed by atoms with Crippen LogP contribution in [0.2, 0.25) is 5.02 Å². The fourth-order valence-corrected chi connectivity index (χ4v) is 2.52. The lowest BCUT2D eigenvalue weighted by Gasteiger charge is -2.12. The summed E-state index contributed by atoms with van der Waals surface area (Å²) < 4.78 is 0.911. The van der Waals surface area contributed by atoms with Crippen molar-refractivity contribution in [3.05, 3.63) is 69.2 Å². The summed E-state index contributed by atoms with van der Waals surface area (Å²) in [6, 6.07) is 16.5. The van der Waals surface area contributed by atoms with E-state index in [-0.39, 0.29) is 6.04 Å². The van der Waals surface area contributed by atoms with Gasteiger partial charge in [0.25, 0.3) is 0 Å².